The molecule has 82 valence electrons. The van der Waals surface area contributed by atoms with Gasteiger partial charge >= 0.3 is 5.97 Å². The fourth-order valence-electron chi connectivity index (χ4n) is 1.12. The van der Waals surface area contributed by atoms with Crippen LogP contribution in [0.15, 0.2) is 24.3 Å². The zero-order valence-corrected chi connectivity index (χ0v) is 9.50. The van der Waals surface area contributed by atoms with Crippen LogP contribution in [0.4, 0.5) is 0 Å². The molecule has 3 nitrogen and oxygen atoms in total. The van der Waals surface area contributed by atoms with Gasteiger partial charge in [0.25, 0.3) is 0 Å². The molecule has 0 amide bonds. The lowest BCUT2D eigenvalue weighted by Crippen LogP contribution is -2.06. The molecule has 0 saturated carbocycles. The Hall–Kier alpha value is -1.16. The number of rotatable bonds is 5. The van der Waals surface area contributed by atoms with E-state index >= 15 is 0 Å². The molecule has 1 rings (SSSR count). The molecule has 0 N–H and O–H groups in total. The van der Waals surface area contributed by atoms with Crippen molar-refractivity contribution in [3.05, 3.63) is 29.8 Å². The molecule has 0 aliphatic heterocycles. The fraction of sp³-hybridized carbons (Fsp3) is 0.364. The SMILES string of the molecule is COC(=O)c1ccccc1OCCCS. The zero-order chi connectivity index (χ0) is 11.1. The van der Waals surface area contributed by atoms with Gasteiger partial charge in [-0.3, -0.25) is 0 Å². The van der Waals surface area contributed by atoms with Gasteiger partial charge in [0.15, 0.2) is 0 Å². The van der Waals surface area contributed by atoms with Crippen molar-refractivity contribution in [2.24, 2.45) is 0 Å². The average molecular weight is 226 g/mol. The first-order valence-electron chi connectivity index (χ1n) is 4.70. The number of thiol groups is 1. The maximum absolute atomic E-state index is 11.3. The van der Waals surface area contributed by atoms with Gasteiger partial charge in [0.2, 0.25) is 0 Å². The van der Waals surface area contributed by atoms with Crippen molar-refractivity contribution in [1.82, 2.24) is 0 Å². The highest BCUT2D eigenvalue weighted by atomic mass is 32.1. The second-order valence-corrected chi connectivity index (χ2v) is 3.36. The van der Waals surface area contributed by atoms with Crippen molar-refractivity contribution in [3.63, 3.8) is 0 Å². The van der Waals surface area contributed by atoms with Crippen molar-refractivity contribution in [3.8, 4) is 5.75 Å². The van der Waals surface area contributed by atoms with Crippen LogP contribution < -0.4 is 4.74 Å². The third-order valence-corrected chi connectivity index (χ3v) is 2.17. The molecule has 1 aromatic carbocycles. The molecule has 0 aromatic heterocycles. The molecule has 0 bridgehead atoms. The molecular formula is C11H14O3S. The molecule has 0 saturated heterocycles. The Kier molecular flexibility index (Phi) is 5.04. The van der Waals surface area contributed by atoms with Crippen LogP contribution in [0.5, 0.6) is 5.75 Å². The number of carbonyl (C=O) groups is 1. The Morgan fingerprint density at radius 1 is 1.40 bits per heavy atom. The maximum atomic E-state index is 11.3. The number of ether oxygens (including phenoxy) is 2. The molecule has 0 heterocycles. The summed E-state index contributed by atoms with van der Waals surface area (Å²) in [5, 5.41) is 0. The van der Waals surface area contributed by atoms with E-state index in [1.54, 1.807) is 18.2 Å². The third kappa shape index (κ3) is 3.47. The van der Waals surface area contributed by atoms with E-state index in [2.05, 4.69) is 17.4 Å². The molecule has 0 spiro atoms. The van der Waals surface area contributed by atoms with Crippen LogP contribution in [-0.4, -0.2) is 25.4 Å². The van der Waals surface area contributed by atoms with E-state index in [-0.39, 0.29) is 5.97 Å². The number of methoxy groups -OCH3 is 1. The molecule has 0 aliphatic carbocycles. The largest absolute Gasteiger partial charge is 0.493 e. The quantitative estimate of drug-likeness (QED) is 0.475. The molecule has 0 unspecified atom stereocenters. The second-order valence-electron chi connectivity index (χ2n) is 2.91. The monoisotopic (exact) mass is 226 g/mol. The normalized spacial score (nSPS) is 9.73. The van der Waals surface area contributed by atoms with Gasteiger partial charge in [0.1, 0.15) is 11.3 Å². The van der Waals surface area contributed by atoms with Crippen molar-refractivity contribution in [2.75, 3.05) is 19.5 Å². The first kappa shape index (κ1) is 11.9. The van der Waals surface area contributed by atoms with E-state index in [1.807, 2.05) is 6.07 Å². The Balaban J connectivity index is 2.73. The van der Waals surface area contributed by atoms with E-state index in [0.29, 0.717) is 17.9 Å². The topological polar surface area (TPSA) is 35.5 Å². The number of para-hydroxylation sites is 1. The lowest BCUT2D eigenvalue weighted by molar-refractivity contribution is 0.0596. The molecular weight excluding hydrogens is 212 g/mol. The molecule has 0 fully saturated rings. The van der Waals surface area contributed by atoms with Gasteiger partial charge in [-0.05, 0) is 24.3 Å². The van der Waals surface area contributed by atoms with Crippen LogP contribution in [0.3, 0.4) is 0 Å². The third-order valence-electron chi connectivity index (χ3n) is 1.85. The molecule has 1 aromatic rings. The van der Waals surface area contributed by atoms with Gasteiger partial charge in [-0.25, -0.2) is 4.79 Å². The molecule has 0 radical (unpaired) electrons. The summed E-state index contributed by atoms with van der Waals surface area (Å²) in [6.07, 6.45) is 0.846. The van der Waals surface area contributed by atoms with Crippen LogP contribution in [0.25, 0.3) is 0 Å². The summed E-state index contributed by atoms with van der Waals surface area (Å²) in [6, 6.07) is 7.03. The first-order chi connectivity index (χ1) is 7.29. The molecule has 0 aliphatic rings. The predicted molar refractivity (Wildman–Crippen MR) is 61.7 cm³/mol. The van der Waals surface area contributed by atoms with E-state index < -0.39 is 0 Å². The summed E-state index contributed by atoms with van der Waals surface area (Å²) < 4.78 is 10.1. The fourth-order valence-corrected chi connectivity index (χ4v) is 1.25. The minimum atomic E-state index is -0.378. The van der Waals surface area contributed by atoms with Gasteiger partial charge in [-0.15, -0.1) is 0 Å². The minimum Gasteiger partial charge on any atom is -0.493 e. The summed E-state index contributed by atoms with van der Waals surface area (Å²) >= 11 is 4.08. The first-order valence-corrected chi connectivity index (χ1v) is 5.34. The second kappa shape index (κ2) is 6.35. The standard InChI is InChI=1S/C11H14O3S/c1-13-11(12)9-5-2-3-6-10(9)14-7-4-8-15/h2-3,5-6,15H,4,7-8H2,1H3. The van der Waals surface area contributed by atoms with Gasteiger partial charge < -0.3 is 9.47 Å². The van der Waals surface area contributed by atoms with Crippen LogP contribution in [0.2, 0.25) is 0 Å². The predicted octanol–water partition coefficient (Wildman–Crippen LogP) is 2.17. The van der Waals surface area contributed by atoms with E-state index in [9.17, 15) is 4.79 Å². The van der Waals surface area contributed by atoms with Crippen molar-refractivity contribution >= 4 is 18.6 Å². The highest BCUT2D eigenvalue weighted by Crippen LogP contribution is 2.18. The number of benzene rings is 1. The summed E-state index contributed by atoms with van der Waals surface area (Å²) in [4.78, 5) is 11.3. The lowest BCUT2D eigenvalue weighted by Gasteiger charge is -2.08. The van der Waals surface area contributed by atoms with Crippen molar-refractivity contribution in [2.45, 2.75) is 6.42 Å². The van der Waals surface area contributed by atoms with E-state index in [4.69, 9.17) is 4.74 Å². The summed E-state index contributed by atoms with van der Waals surface area (Å²) in [6.45, 7) is 0.553. The lowest BCUT2D eigenvalue weighted by atomic mass is 10.2. The van der Waals surface area contributed by atoms with Crippen LogP contribution in [0, 0.1) is 0 Å². The van der Waals surface area contributed by atoms with Gasteiger partial charge in [-0.1, -0.05) is 12.1 Å². The maximum Gasteiger partial charge on any atom is 0.341 e. The number of esters is 1. The molecule has 15 heavy (non-hydrogen) atoms. The minimum absolute atomic E-state index is 0.378. The summed E-state index contributed by atoms with van der Waals surface area (Å²) in [5.41, 5.74) is 0.458. The van der Waals surface area contributed by atoms with E-state index in [0.717, 1.165) is 12.2 Å². The number of carbonyl (C=O) groups excluding carboxylic acids is 1. The van der Waals surface area contributed by atoms with E-state index in [1.165, 1.54) is 7.11 Å². The molecule has 4 heteroatoms. The van der Waals surface area contributed by atoms with Crippen LogP contribution in [-0.2, 0) is 4.74 Å². The van der Waals surface area contributed by atoms with Gasteiger partial charge in [0.05, 0.1) is 13.7 Å². The van der Waals surface area contributed by atoms with Crippen molar-refractivity contribution < 1.29 is 14.3 Å². The number of hydrogen-bond acceptors (Lipinski definition) is 4. The summed E-state index contributed by atoms with van der Waals surface area (Å²) in [7, 11) is 1.35. The Bertz CT molecular complexity index is 325. The smallest absolute Gasteiger partial charge is 0.341 e. The Morgan fingerprint density at radius 3 is 2.80 bits per heavy atom. The average Bonchev–Trinajstić information content (AvgIpc) is 2.29. The molecule has 0 atom stereocenters. The van der Waals surface area contributed by atoms with Gasteiger partial charge in [-0.2, -0.15) is 12.6 Å². The zero-order valence-electron chi connectivity index (χ0n) is 8.60. The highest BCUT2D eigenvalue weighted by molar-refractivity contribution is 7.80. The number of hydrogen-bond donors (Lipinski definition) is 1. The Labute approximate surface area is 94.8 Å². The summed E-state index contributed by atoms with van der Waals surface area (Å²) in [5.74, 6) is 0.947. The Morgan fingerprint density at radius 2 is 2.13 bits per heavy atom. The highest BCUT2D eigenvalue weighted by Gasteiger charge is 2.11. The van der Waals surface area contributed by atoms with Crippen LogP contribution >= 0.6 is 12.6 Å². The van der Waals surface area contributed by atoms with Gasteiger partial charge in [0, 0.05) is 0 Å². The van der Waals surface area contributed by atoms with Crippen LogP contribution in [0.1, 0.15) is 16.8 Å². The van der Waals surface area contributed by atoms with Crippen molar-refractivity contribution in [1.29, 1.82) is 0 Å².